The van der Waals surface area contributed by atoms with Crippen molar-refractivity contribution >= 4 is 11.4 Å². The lowest BCUT2D eigenvalue weighted by Gasteiger charge is -2.27. The van der Waals surface area contributed by atoms with E-state index >= 15 is 0 Å². The van der Waals surface area contributed by atoms with Crippen molar-refractivity contribution in [3.05, 3.63) is 24.3 Å². The van der Waals surface area contributed by atoms with Gasteiger partial charge < -0.3 is 15.0 Å². The lowest BCUT2D eigenvalue weighted by atomic mass is 10.0. The molecule has 1 aliphatic heterocycles. The molecule has 1 aromatic rings. The molecule has 106 valence electrons. The van der Waals surface area contributed by atoms with Gasteiger partial charge in [-0.2, -0.15) is 0 Å². The molecule has 0 aromatic heterocycles. The van der Waals surface area contributed by atoms with Crippen LogP contribution in [0.3, 0.4) is 0 Å². The molecule has 0 amide bonds. The van der Waals surface area contributed by atoms with Crippen molar-refractivity contribution < 1.29 is 4.74 Å². The van der Waals surface area contributed by atoms with Crippen molar-refractivity contribution in [1.29, 1.82) is 0 Å². The summed E-state index contributed by atoms with van der Waals surface area (Å²) in [5.74, 6) is 0.548. The summed E-state index contributed by atoms with van der Waals surface area (Å²) in [4.78, 5) is 2.48. The number of benzene rings is 1. The third-order valence-corrected chi connectivity index (χ3v) is 3.84. The van der Waals surface area contributed by atoms with Gasteiger partial charge in [-0.3, -0.25) is 0 Å². The first-order valence-electron chi connectivity index (χ1n) is 7.32. The number of ether oxygens (including phenoxy) is 1. The second-order valence-corrected chi connectivity index (χ2v) is 5.66. The summed E-state index contributed by atoms with van der Waals surface area (Å²) >= 11 is 0. The minimum atomic E-state index is 0.355. The van der Waals surface area contributed by atoms with E-state index in [1.54, 1.807) is 7.11 Å². The normalized spacial score (nSPS) is 16.9. The highest BCUT2D eigenvalue weighted by Gasteiger charge is 2.18. The van der Waals surface area contributed by atoms with Crippen LogP contribution in [0.4, 0.5) is 11.4 Å². The Labute approximate surface area is 116 Å². The van der Waals surface area contributed by atoms with E-state index in [2.05, 4.69) is 48.3 Å². The lowest BCUT2D eigenvalue weighted by molar-refractivity contribution is 0.171. The summed E-state index contributed by atoms with van der Waals surface area (Å²) < 4.78 is 5.33. The Kier molecular flexibility index (Phi) is 5.08. The molecule has 3 nitrogen and oxygen atoms in total. The number of rotatable bonds is 6. The Bertz CT molecular complexity index is 386. The highest BCUT2D eigenvalue weighted by atomic mass is 16.5. The highest BCUT2D eigenvalue weighted by Crippen LogP contribution is 2.29. The van der Waals surface area contributed by atoms with Crippen LogP contribution in [0.5, 0.6) is 0 Å². The van der Waals surface area contributed by atoms with E-state index in [9.17, 15) is 0 Å². The summed E-state index contributed by atoms with van der Waals surface area (Å²) in [6.07, 6.45) is 2.61. The predicted octanol–water partition coefficient (Wildman–Crippen LogP) is 3.37. The molecule has 1 N–H and O–H groups in total. The SMILES string of the molecule is COCC(Nc1ccccc1N1CCCC1)C(C)C. The van der Waals surface area contributed by atoms with Crippen molar-refractivity contribution in [3.8, 4) is 0 Å². The van der Waals surface area contributed by atoms with Crippen molar-refractivity contribution in [3.63, 3.8) is 0 Å². The molecular weight excluding hydrogens is 236 g/mol. The van der Waals surface area contributed by atoms with Gasteiger partial charge >= 0.3 is 0 Å². The third kappa shape index (κ3) is 3.63. The van der Waals surface area contributed by atoms with Gasteiger partial charge in [0, 0.05) is 20.2 Å². The second kappa shape index (κ2) is 6.80. The maximum absolute atomic E-state index is 5.33. The number of nitrogens with zero attached hydrogens (tertiary/aromatic N) is 1. The maximum Gasteiger partial charge on any atom is 0.0666 e. The topological polar surface area (TPSA) is 24.5 Å². The largest absolute Gasteiger partial charge is 0.383 e. The summed E-state index contributed by atoms with van der Waals surface area (Å²) in [6, 6.07) is 8.98. The van der Waals surface area contributed by atoms with Gasteiger partial charge in [-0.05, 0) is 30.9 Å². The van der Waals surface area contributed by atoms with Gasteiger partial charge in [0.25, 0.3) is 0 Å². The predicted molar refractivity (Wildman–Crippen MR) is 82.0 cm³/mol. The molecule has 0 spiro atoms. The fourth-order valence-electron chi connectivity index (χ4n) is 2.61. The second-order valence-electron chi connectivity index (χ2n) is 5.66. The molecule has 1 unspecified atom stereocenters. The van der Waals surface area contributed by atoms with Crippen LogP contribution >= 0.6 is 0 Å². The summed E-state index contributed by atoms with van der Waals surface area (Å²) in [6.45, 7) is 7.56. The monoisotopic (exact) mass is 262 g/mol. The molecule has 1 fully saturated rings. The van der Waals surface area contributed by atoms with Crippen LogP contribution in [-0.4, -0.2) is 32.8 Å². The zero-order valence-electron chi connectivity index (χ0n) is 12.4. The number of anilines is 2. The van der Waals surface area contributed by atoms with Gasteiger partial charge in [0.1, 0.15) is 0 Å². The van der Waals surface area contributed by atoms with Crippen LogP contribution in [0, 0.1) is 5.92 Å². The molecule has 1 aromatic carbocycles. The van der Waals surface area contributed by atoms with Gasteiger partial charge in [0.2, 0.25) is 0 Å². The Morgan fingerprint density at radius 3 is 2.53 bits per heavy atom. The molecule has 19 heavy (non-hydrogen) atoms. The smallest absolute Gasteiger partial charge is 0.0666 e. The number of hydrogen-bond donors (Lipinski definition) is 1. The zero-order chi connectivity index (χ0) is 13.7. The van der Waals surface area contributed by atoms with E-state index in [4.69, 9.17) is 4.74 Å². The van der Waals surface area contributed by atoms with E-state index in [0.717, 1.165) is 6.61 Å². The van der Waals surface area contributed by atoms with E-state index in [0.29, 0.717) is 12.0 Å². The summed E-state index contributed by atoms with van der Waals surface area (Å²) in [5.41, 5.74) is 2.57. The van der Waals surface area contributed by atoms with Crippen LogP contribution in [0.2, 0.25) is 0 Å². The molecule has 1 atom stereocenters. The molecule has 2 rings (SSSR count). The zero-order valence-corrected chi connectivity index (χ0v) is 12.4. The average molecular weight is 262 g/mol. The first-order chi connectivity index (χ1) is 9.22. The van der Waals surface area contributed by atoms with E-state index in [1.807, 2.05) is 0 Å². The number of methoxy groups -OCH3 is 1. The highest BCUT2D eigenvalue weighted by molar-refractivity contribution is 5.70. The van der Waals surface area contributed by atoms with Crippen LogP contribution < -0.4 is 10.2 Å². The Morgan fingerprint density at radius 1 is 1.21 bits per heavy atom. The van der Waals surface area contributed by atoms with Gasteiger partial charge in [-0.1, -0.05) is 26.0 Å². The number of hydrogen-bond acceptors (Lipinski definition) is 3. The molecular formula is C16H26N2O. The molecule has 0 bridgehead atoms. The van der Waals surface area contributed by atoms with Crippen molar-refractivity contribution in [2.24, 2.45) is 5.92 Å². The van der Waals surface area contributed by atoms with Gasteiger partial charge in [-0.25, -0.2) is 0 Å². The third-order valence-electron chi connectivity index (χ3n) is 3.84. The minimum Gasteiger partial charge on any atom is -0.383 e. The lowest BCUT2D eigenvalue weighted by Crippen LogP contribution is -2.31. The fraction of sp³-hybridized carbons (Fsp3) is 0.625. The molecule has 0 radical (unpaired) electrons. The minimum absolute atomic E-state index is 0.355. The Hall–Kier alpha value is -1.22. The summed E-state index contributed by atoms with van der Waals surface area (Å²) in [5, 5.41) is 3.66. The Morgan fingerprint density at radius 2 is 1.89 bits per heavy atom. The molecule has 3 heteroatoms. The van der Waals surface area contributed by atoms with Gasteiger partial charge in [0.05, 0.1) is 24.0 Å². The average Bonchev–Trinajstić information content (AvgIpc) is 2.92. The number of para-hydroxylation sites is 2. The molecule has 1 aliphatic rings. The fourth-order valence-corrected chi connectivity index (χ4v) is 2.61. The quantitative estimate of drug-likeness (QED) is 0.850. The van der Waals surface area contributed by atoms with E-state index < -0.39 is 0 Å². The molecule has 0 saturated carbocycles. The Balaban J connectivity index is 2.14. The van der Waals surface area contributed by atoms with Gasteiger partial charge in [0.15, 0.2) is 0 Å². The molecule has 1 saturated heterocycles. The van der Waals surface area contributed by atoms with Gasteiger partial charge in [-0.15, -0.1) is 0 Å². The number of nitrogens with one attached hydrogen (secondary N) is 1. The maximum atomic E-state index is 5.33. The van der Waals surface area contributed by atoms with Crippen LogP contribution in [0.25, 0.3) is 0 Å². The standard InChI is InChI=1S/C16H26N2O/c1-13(2)15(12-19-3)17-14-8-4-5-9-16(14)18-10-6-7-11-18/h4-5,8-9,13,15,17H,6-7,10-12H2,1-3H3. The van der Waals surface area contributed by atoms with E-state index in [1.165, 1.54) is 37.3 Å². The van der Waals surface area contributed by atoms with Crippen LogP contribution in [0.15, 0.2) is 24.3 Å². The molecule has 1 heterocycles. The molecule has 0 aliphatic carbocycles. The van der Waals surface area contributed by atoms with Crippen molar-refractivity contribution in [1.82, 2.24) is 0 Å². The van der Waals surface area contributed by atoms with Crippen molar-refractivity contribution in [2.45, 2.75) is 32.7 Å². The van der Waals surface area contributed by atoms with Crippen molar-refractivity contribution in [2.75, 3.05) is 37.0 Å². The van der Waals surface area contributed by atoms with E-state index in [-0.39, 0.29) is 0 Å². The van der Waals surface area contributed by atoms with Crippen LogP contribution in [0.1, 0.15) is 26.7 Å². The summed E-state index contributed by atoms with van der Waals surface area (Å²) in [7, 11) is 1.77. The van der Waals surface area contributed by atoms with Crippen LogP contribution in [-0.2, 0) is 4.74 Å². The first kappa shape index (κ1) is 14.2. The first-order valence-corrected chi connectivity index (χ1v) is 7.32.